The van der Waals surface area contributed by atoms with Gasteiger partial charge in [0.2, 0.25) is 5.91 Å². The van der Waals surface area contributed by atoms with E-state index in [0.717, 1.165) is 0 Å². The van der Waals surface area contributed by atoms with Crippen LogP contribution in [0.25, 0.3) is 0 Å². The van der Waals surface area contributed by atoms with E-state index >= 15 is 0 Å². The quantitative estimate of drug-likeness (QED) is 0.763. The van der Waals surface area contributed by atoms with E-state index in [0.29, 0.717) is 11.4 Å². The normalized spacial score (nSPS) is 19.6. The molecule has 1 aromatic heterocycles. The van der Waals surface area contributed by atoms with Gasteiger partial charge in [0.1, 0.15) is 11.5 Å². The van der Waals surface area contributed by atoms with Crippen LogP contribution >= 0.6 is 0 Å². The van der Waals surface area contributed by atoms with Crippen LogP contribution in [0.2, 0.25) is 0 Å². The lowest BCUT2D eigenvalue weighted by molar-refractivity contribution is -0.129. The first-order valence-corrected chi connectivity index (χ1v) is 8.23. The minimum atomic E-state index is -1.10. The first-order chi connectivity index (χ1) is 12.7. The van der Waals surface area contributed by atoms with Crippen molar-refractivity contribution in [2.24, 2.45) is 0 Å². The zero-order valence-electron chi connectivity index (χ0n) is 15.1. The number of nitrogens with one attached hydrogen (secondary N) is 3. The number of aromatic nitrogens is 2. The van der Waals surface area contributed by atoms with E-state index in [4.69, 9.17) is 5.41 Å². The molecule has 2 aromatic rings. The topological polar surface area (TPSA) is 111 Å². The number of halogens is 1. The second kappa shape index (κ2) is 6.75. The molecular weight excluding hydrogens is 351 g/mol. The summed E-state index contributed by atoms with van der Waals surface area (Å²) >= 11 is 0. The number of anilines is 1. The van der Waals surface area contributed by atoms with Crippen molar-refractivity contribution in [1.82, 2.24) is 20.2 Å². The predicted molar refractivity (Wildman–Crippen MR) is 96.7 cm³/mol. The van der Waals surface area contributed by atoms with Crippen LogP contribution in [-0.2, 0) is 10.3 Å². The smallest absolute Gasteiger partial charge is 0.275 e. The maximum atomic E-state index is 14.5. The van der Waals surface area contributed by atoms with E-state index < -0.39 is 17.3 Å². The maximum Gasteiger partial charge on any atom is 0.275 e. The fraction of sp³-hybridized carbons (Fsp3) is 0.278. The summed E-state index contributed by atoms with van der Waals surface area (Å²) in [5.74, 6) is -1.43. The summed E-state index contributed by atoms with van der Waals surface area (Å²) in [6, 6.07) is 4.09. The lowest BCUT2D eigenvalue weighted by Gasteiger charge is -2.39. The number of benzene rings is 1. The van der Waals surface area contributed by atoms with Crippen molar-refractivity contribution in [1.29, 1.82) is 5.41 Å². The van der Waals surface area contributed by atoms with E-state index in [9.17, 15) is 14.0 Å². The Labute approximate surface area is 155 Å². The van der Waals surface area contributed by atoms with Gasteiger partial charge in [-0.3, -0.25) is 24.9 Å². The molecule has 27 heavy (non-hydrogen) atoms. The molecule has 1 aliphatic rings. The fourth-order valence-corrected chi connectivity index (χ4v) is 2.83. The highest BCUT2D eigenvalue weighted by molar-refractivity contribution is 6.03. The van der Waals surface area contributed by atoms with Crippen molar-refractivity contribution >= 4 is 23.5 Å². The van der Waals surface area contributed by atoms with Crippen molar-refractivity contribution in [2.75, 3.05) is 12.4 Å². The Morgan fingerprint density at radius 1 is 1.37 bits per heavy atom. The Morgan fingerprint density at radius 3 is 2.74 bits per heavy atom. The number of hydrogen-bond acceptors (Lipinski definition) is 5. The molecule has 3 rings (SSSR count). The highest BCUT2D eigenvalue weighted by Crippen LogP contribution is 2.32. The molecule has 2 heterocycles. The second-order valence-corrected chi connectivity index (χ2v) is 6.63. The van der Waals surface area contributed by atoms with Crippen LogP contribution in [-0.4, -0.2) is 39.7 Å². The highest BCUT2D eigenvalue weighted by atomic mass is 19.1. The second-order valence-electron chi connectivity index (χ2n) is 6.63. The van der Waals surface area contributed by atoms with E-state index in [1.165, 1.54) is 42.5 Å². The van der Waals surface area contributed by atoms with Crippen molar-refractivity contribution in [3.63, 3.8) is 0 Å². The van der Waals surface area contributed by atoms with Gasteiger partial charge in [-0.25, -0.2) is 9.37 Å². The van der Waals surface area contributed by atoms with Gasteiger partial charge in [-0.2, -0.15) is 0 Å². The standard InChI is InChI=1S/C18H19FN6O2/c1-10-8-22-14(9-21-10)16(27)23-11-4-5-13(19)12(6-11)18(2)7-15(26)25(3)17(20)24-18/h4-6,8-9H,7H2,1-3H3,(H2,20,24)(H,23,27)/t18-/m0/s1. The summed E-state index contributed by atoms with van der Waals surface area (Å²) < 4.78 is 14.5. The van der Waals surface area contributed by atoms with Crippen LogP contribution in [0.4, 0.5) is 10.1 Å². The number of aryl methyl sites for hydroxylation is 1. The number of nitrogens with zero attached hydrogens (tertiary/aromatic N) is 3. The number of amides is 2. The first kappa shape index (κ1) is 18.4. The molecule has 1 aromatic carbocycles. The Bertz CT molecular complexity index is 910. The molecule has 8 nitrogen and oxygen atoms in total. The molecular formula is C18H19FN6O2. The van der Waals surface area contributed by atoms with Crippen LogP contribution in [0.5, 0.6) is 0 Å². The summed E-state index contributed by atoms with van der Waals surface area (Å²) in [5, 5.41) is 13.4. The zero-order chi connectivity index (χ0) is 19.8. The van der Waals surface area contributed by atoms with E-state index in [1.807, 2.05) is 0 Å². The molecule has 140 valence electrons. The summed E-state index contributed by atoms with van der Waals surface area (Å²) in [6.07, 6.45) is 2.81. The number of carbonyl (C=O) groups is 2. The SMILES string of the molecule is Cc1cnc(C(=O)Nc2ccc(F)c([C@]3(C)CC(=O)N(C)C(=N)N3)c2)cn1. The number of hydrogen-bond donors (Lipinski definition) is 3. The Kier molecular flexibility index (Phi) is 4.61. The van der Waals surface area contributed by atoms with Crippen molar-refractivity contribution in [3.05, 3.63) is 53.4 Å². The zero-order valence-corrected chi connectivity index (χ0v) is 15.1. The van der Waals surface area contributed by atoms with Gasteiger partial charge >= 0.3 is 0 Å². The third kappa shape index (κ3) is 3.62. The Balaban J connectivity index is 1.88. The predicted octanol–water partition coefficient (Wildman–Crippen LogP) is 1.78. The first-order valence-electron chi connectivity index (χ1n) is 8.23. The molecule has 1 saturated heterocycles. The largest absolute Gasteiger partial charge is 0.346 e. The van der Waals surface area contributed by atoms with Crippen LogP contribution in [0.1, 0.15) is 35.1 Å². The number of carbonyl (C=O) groups excluding carboxylic acids is 2. The van der Waals surface area contributed by atoms with Gasteiger partial charge < -0.3 is 10.6 Å². The molecule has 0 radical (unpaired) electrons. The van der Waals surface area contributed by atoms with Gasteiger partial charge in [0.05, 0.1) is 23.9 Å². The summed E-state index contributed by atoms with van der Waals surface area (Å²) in [5.41, 5.74) is 0.243. The molecule has 2 amide bonds. The average molecular weight is 370 g/mol. The highest BCUT2D eigenvalue weighted by Gasteiger charge is 2.39. The van der Waals surface area contributed by atoms with E-state index in [2.05, 4.69) is 20.6 Å². The summed E-state index contributed by atoms with van der Waals surface area (Å²) in [7, 11) is 1.48. The van der Waals surface area contributed by atoms with Gasteiger partial charge in [0.15, 0.2) is 5.96 Å². The molecule has 1 fully saturated rings. The lowest BCUT2D eigenvalue weighted by Crippen LogP contribution is -2.58. The molecule has 0 unspecified atom stereocenters. The third-order valence-corrected chi connectivity index (χ3v) is 4.44. The molecule has 9 heteroatoms. The van der Waals surface area contributed by atoms with Crippen LogP contribution in [0, 0.1) is 18.2 Å². The Morgan fingerprint density at radius 2 is 2.11 bits per heavy atom. The van der Waals surface area contributed by atoms with Crippen LogP contribution in [0.3, 0.4) is 0 Å². The molecule has 0 bridgehead atoms. The van der Waals surface area contributed by atoms with Crippen LogP contribution < -0.4 is 10.6 Å². The van der Waals surface area contributed by atoms with Gasteiger partial charge in [-0.05, 0) is 32.0 Å². The summed E-state index contributed by atoms with van der Waals surface area (Å²) in [4.78, 5) is 33.6. The number of guanidine groups is 1. The van der Waals surface area contributed by atoms with Gasteiger partial charge in [0.25, 0.3) is 5.91 Å². The molecule has 0 spiro atoms. The van der Waals surface area contributed by atoms with Gasteiger partial charge in [-0.1, -0.05) is 0 Å². The minimum Gasteiger partial charge on any atom is -0.346 e. The Hall–Kier alpha value is -3.36. The third-order valence-electron chi connectivity index (χ3n) is 4.44. The van der Waals surface area contributed by atoms with Gasteiger partial charge in [0, 0.05) is 24.5 Å². The van der Waals surface area contributed by atoms with Crippen molar-refractivity contribution in [2.45, 2.75) is 25.8 Å². The van der Waals surface area contributed by atoms with Crippen molar-refractivity contribution in [3.8, 4) is 0 Å². The molecule has 3 N–H and O–H groups in total. The maximum absolute atomic E-state index is 14.5. The minimum absolute atomic E-state index is 0.0242. The fourth-order valence-electron chi connectivity index (χ4n) is 2.83. The number of rotatable bonds is 3. The monoisotopic (exact) mass is 370 g/mol. The molecule has 1 aliphatic heterocycles. The van der Waals surface area contributed by atoms with Crippen molar-refractivity contribution < 1.29 is 14.0 Å². The van der Waals surface area contributed by atoms with Gasteiger partial charge in [-0.15, -0.1) is 0 Å². The van der Waals surface area contributed by atoms with E-state index in [1.54, 1.807) is 13.8 Å². The molecule has 1 atom stereocenters. The van der Waals surface area contributed by atoms with Crippen LogP contribution in [0.15, 0.2) is 30.6 Å². The van der Waals surface area contributed by atoms with E-state index in [-0.39, 0.29) is 29.5 Å². The molecule has 0 aliphatic carbocycles. The average Bonchev–Trinajstić information content (AvgIpc) is 2.61. The summed E-state index contributed by atoms with van der Waals surface area (Å²) in [6.45, 7) is 3.40. The molecule has 0 saturated carbocycles. The lowest BCUT2D eigenvalue weighted by atomic mass is 9.86.